The lowest BCUT2D eigenvalue weighted by Gasteiger charge is -2.26. The standard InChI is InChI=1S/C14H25NO3/c1-14(2,3)18-13(17)15-9-4-6-12(8-10-15)7-5-11-16/h11-12H,4-10H2,1-3H3. The summed E-state index contributed by atoms with van der Waals surface area (Å²) in [6.07, 6.45) is 5.45. The molecule has 1 amide bonds. The van der Waals surface area contributed by atoms with Crippen LogP contribution in [-0.2, 0) is 9.53 Å². The minimum atomic E-state index is -0.430. The van der Waals surface area contributed by atoms with Gasteiger partial charge in [0.05, 0.1) is 0 Å². The Morgan fingerprint density at radius 2 is 2.06 bits per heavy atom. The van der Waals surface area contributed by atoms with Crippen LogP contribution in [0.15, 0.2) is 0 Å². The van der Waals surface area contributed by atoms with Crippen LogP contribution in [0.5, 0.6) is 0 Å². The average Bonchev–Trinajstić information content (AvgIpc) is 2.49. The highest BCUT2D eigenvalue weighted by molar-refractivity contribution is 5.68. The van der Waals surface area contributed by atoms with E-state index in [4.69, 9.17) is 4.74 Å². The summed E-state index contributed by atoms with van der Waals surface area (Å²) in [6, 6.07) is 0. The van der Waals surface area contributed by atoms with Crippen molar-refractivity contribution in [2.24, 2.45) is 5.92 Å². The predicted molar refractivity (Wildman–Crippen MR) is 70.4 cm³/mol. The largest absolute Gasteiger partial charge is 0.444 e. The number of hydrogen-bond donors (Lipinski definition) is 0. The number of carbonyl (C=O) groups is 2. The number of nitrogens with zero attached hydrogens (tertiary/aromatic N) is 1. The van der Waals surface area contributed by atoms with Crippen molar-refractivity contribution in [3.63, 3.8) is 0 Å². The van der Waals surface area contributed by atoms with Gasteiger partial charge in [0.15, 0.2) is 0 Å². The summed E-state index contributed by atoms with van der Waals surface area (Å²) < 4.78 is 5.38. The molecule has 1 saturated heterocycles. The molecule has 0 aromatic rings. The molecule has 4 heteroatoms. The SMILES string of the molecule is CC(C)(C)OC(=O)N1CCCC(CCC=O)CC1. The Labute approximate surface area is 110 Å². The van der Waals surface area contributed by atoms with Crippen molar-refractivity contribution in [2.45, 2.75) is 58.5 Å². The van der Waals surface area contributed by atoms with Crippen LogP contribution in [0.3, 0.4) is 0 Å². The molecule has 0 aromatic heterocycles. The first-order valence-electron chi connectivity index (χ1n) is 6.84. The molecule has 0 N–H and O–H groups in total. The first-order chi connectivity index (χ1) is 8.42. The van der Waals surface area contributed by atoms with Crippen molar-refractivity contribution in [1.82, 2.24) is 4.90 Å². The van der Waals surface area contributed by atoms with E-state index in [9.17, 15) is 9.59 Å². The second-order valence-corrected chi connectivity index (χ2v) is 6.01. The molecule has 1 heterocycles. The highest BCUT2D eigenvalue weighted by Crippen LogP contribution is 2.22. The van der Waals surface area contributed by atoms with Gasteiger partial charge >= 0.3 is 6.09 Å². The minimum Gasteiger partial charge on any atom is -0.444 e. The fourth-order valence-corrected chi connectivity index (χ4v) is 2.27. The molecule has 4 nitrogen and oxygen atoms in total. The fourth-order valence-electron chi connectivity index (χ4n) is 2.27. The molecule has 0 spiro atoms. The van der Waals surface area contributed by atoms with Crippen molar-refractivity contribution in [1.29, 1.82) is 0 Å². The Balaban J connectivity index is 2.41. The quantitative estimate of drug-likeness (QED) is 0.728. The monoisotopic (exact) mass is 255 g/mol. The van der Waals surface area contributed by atoms with Gasteiger partial charge in [0.2, 0.25) is 0 Å². The lowest BCUT2D eigenvalue weighted by atomic mass is 9.96. The number of hydrogen-bond acceptors (Lipinski definition) is 3. The summed E-state index contributed by atoms with van der Waals surface area (Å²) in [5, 5.41) is 0. The summed E-state index contributed by atoms with van der Waals surface area (Å²) in [7, 11) is 0. The second-order valence-electron chi connectivity index (χ2n) is 6.01. The number of ether oxygens (including phenoxy) is 1. The Bertz CT molecular complexity index is 283. The smallest absolute Gasteiger partial charge is 0.410 e. The normalized spacial score (nSPS) is 21.3. The van der Waals surface area contributed by atoms with Crippen LogP contribution >= 0.6 is 0 Å². The van der Waals surface area contributed by atoms with E-state index in [1.165, 1.54) is 0 Å². The molecule has 1 aliphatic rings. The van der Waals surface area contributed by atoms with E-state index in [1.54, 1.807) is 4.90 Å². The lowest BCUT2D eigenvalue weighted by Crippen LogP contribution is -2.37. The number of likely N-dealkylation sites (tertiary alicyclic amines) is 1. The summed E-state index contributed by atoms with van der Waals surface area (Å²) >= 11 is 0. The molecule has 1 fully saturated rings. The zero-order chi connectivity index (χ0) is 13.6. The van der Waals surface area contributed by atoms with Crippen molar-refractivity contribution in [2.75, 3.05) is 13.1 Å². The van der Waals surface area contributed by atoms with Crippen LogP contribution < -0.4 is 0 Å². The second kappa shape index (κ2) is 6.76. The van der Waals surface area contributed by atoms with Crippen molar-refractivity contribution >= 4 is 12.4 Å². The Kier molecular flexibility index (Phi) is 5.63. The lowest BCUT2D eigenvalue weighted by molar-refractivity contribution is -0.108. The van der Waals surface area contributed by atoms with E-state index in [0.717, 1.165) is 45.1 Å². The van der Waals surface area contributed by atoms with Crippen LogP contribution in [-0.4, -0.2) is 36.0 Å². The molecule has 18 heavy (non-hydrogen) atoms. The third-order valence-corrected chi connectivity index (χ3v) is 3.19. The molecule has 0 bridgehead atoms. The van der Waals surface area contributed by atoms with Gasteiger partial charge in [-0.15, -0.1) is 0 Å². The number of carbonyl (C=O) groups excluding carboxylic acids is 2. The maximum absolute atomic E-state index is 11.9. The van der Waals surface area contributed by atoms with Crippen LogP contribution in [0.2, 0.25) is 0 Å². The topological polar surface area (TPSA) is 46.6 Å². The van der Waals surface area contributed by atoms with E-state index in [-0.39, 0.29) is 6.09 Å². The van der Waals surface area contributed by atoms with Crippen LogP contribution in [0.1, 0.15) is 52.9 Å². The zero-order valence-electron chi connectivity index (χ0n) is 11.8. The Morgan fingerprint density at radius 1 is 1.33 bits per heavy atom. The van der Waals surface area contributed by atoms with Crippen LogP contribution in [0, 0.1) is 5.92 Å². The summed E-state index contributed by atoms with van der Waals surface area (Å²) in [5.74, 6) is 0.572. The minimum absolute atomic E-state index is 0.210. The number of rotatable bonds is 3. The molecule has 0 aromatic carbocycles. The molecule has 1 aliphatic heterocycles. The average molecular weight is 255 g/mol. The van der Waals surface area contributed by atoms with E-state index >= 15 is 0 Å². The summed E-state index contributed by atoms with van der Waals surface area (Å²) in [4.78, 5) is 24.1. The molecule has 104 valence electrons. The van der Waals surface area contributed by atoms with Crippen LogP contribution in [0.25, 0.3) is 0 Å². The molecule has 1 unspecified atom stereocenters. The first-order valence-corrected chi connectivity index (χ1v) is 6.84. The van der Waals surface area contributed by atoms with Crippen molar-refractivity contribution in [3.8, 4) is 0 Å². The molecule has 1 rings (SSSR count). The van der Waals surface area contributed by atoms with Gasteiger partial charge < -0.3 is 14.4 Å². The molecular weight excluding hydrogens is 230 g/mol. The predicted octanol–water partition coefficient (Wildman–Crippen LogP) is 3.00. The van der Waals surface area contributed by atoms with Gasteiger partial charge in [0.25, 0.3) is 0 Å². The van der Waals surface area contributed by atoms with E-state index in [0.29, 0.717) is 12.3 Å². The number of amides is 1. The van der Waals surface area contributed by atoms with Gasteiger partial charge in [-0.1, -0.05) is 0 Å². The van der Waals surface area contributed by atoms with Crippen molar-refractivity contribution < 1.29 is 14.3 Å². The maximum atomic E-state index is 11.9. The van der Waals surface area contributed by atoms with Gasteiger partial charge in [-0.3, -0.25) is 0 Å². The highest BCUT2D eigenvalue weighted by Gasteiger charge is 2.24. The van der Waals surface area contributed by atoms with Gasteiger partial charge in [-0.05, 0) is 52.4 Å². The summed E-state index contributed by atoms with van der Waals surface area (Å²) in [5.41, 5.74) is -0.430. The zero-order valence-corrected chi connectivity index (χ0v) is 11.8. The third kappa shape index (κ3) is 5.52. The van der Waals surface area contributed by atoms with E-state index in [1.807, 2.05) is 20.8 Å². The molecule has 0 aliphatic carbocycles. The molecule has 0 radical (unpaired) electrons. The molecule has 1 atom stereocenters. The van der Waals surface area contributed by atoms with E-state index in [2.05, 4.69) is 0 Å². The number of aldehydes is 1. The van der Waals surface area contributed by atoms with Gasteiger partial charge in [0.1, 0.15) is 11.9 Å². The Hall–Kier alpha value is -1.06. The van der Waals surface area contributed by atoms with Crippen LogP contribution in [0.4, 0.5) is 4.79 Å². The van der Waals surface area contributed by atoms with Crippen molar-refractivity contribution in [3.05, 3.63) is 0 Å². The molecular formula is C14H25NO3. The van der Waals surface area contributed by atoms with Gasteiger partial charge in [0, 0.05) is 19.5 Å². The summed E-state index contributed by atoms with van der Waals surface area (Å²) in [6.45, 7) is 7.17. The Morgan fingerprint density at radius 3 is 2.67 bits per heavy atom. The van der Waals surface area contributed by atoms with Gasteiger partial charge in [-0.2, -0.15) is 0 Å². The fraction of sp³-hybridized carbons (Fsp3) is 0.857. The van der Waals surface area contributed by atoms with E-state index < -0.39 is 5.60 Å². The first kappa shape index (κ1) is 15.0. The third-order valence-electron chi connectivity index (χ3n) is 3.19. The molecule has 0 saturated carbocycles. The highest BCUT2D eigenvalue weighted by atomic mass is 16.6. The maximum Gasteiger partial charge on any atom is 0.410 e. The van der Waals surface area contributed by atoms with Gasteiger partial charge in [-0.25, -0.2) is 4.79 Å².